The highest BCUT2D eigenvalue weighted by molar-refractivity contribution is 5.94. The Labute approximate surface area is 149 Å². The molecule has 0 atom stereocenters. The molecule has 1 saturated heterocycles. The first-order valence-electron chi connectivity index (χ1n) is 8.82. The third kappa shape index (κ3) is 5.54. The van der Waals surface area contributed by atoms with E-state index in [1.807, 2.05) is 4.90 Å². The van der Waals surface area contributed by atoms with Crippen LogP contribution in [0.2, 0.25) is 0 Å². The van der Waals surface area contributed by atoms with Gasteiger partial charge in [-0.1, -0.05) is 0 Å². The Hall–Kier alpha value is -1.92. The standard InChI is InChI=1S/C19H28N2O4/c1-14(22)15-4-5-18(24-2)16(12-15)13-19(23)21-9-6-17(7-10-21)25-11-3-8-20/h4-5,12,17H,3,6-11,13,20H2,1-2H3. The molecule has 138 valence electrons. The summed E-state index contributed by atoms with van der Waals surface area (Å²) in [5.41, 5.74) is 6.81. The predicted octanol–water partition coefficient (Wildman–Crippen LogP) is 1.80. The van der Waals surface area contributed by atoms with Crippen molar-refractivity contribution in [3.05, 3.63) is 29.3 Å². The number of piperidine rings is 1. The van der Waals surface area contributed by atoms with Crippen molar-refractivity contribution in [2.45, 2.75) is 38.7 Å². The molecule has 1 aromatic rings. The molecule has 1 aliphatic heterocycles. The van der Waals surface area contributed by atoms with E-state index in [9.17, 15) is 9.59 Å². The Bertz CT molecular complexity index is 595. The number of ketones is 1. The fraction of sp³-hybridized carbons (Fsp3) is 0.579. The summed E-state index contributed by atoms with van der Waals surface area (Å²) in [6, 6.07) is 5.22. The van der Waals surface area contributed by atoms with Crippen LogP contribution < -0.4 is 10.5 Å². The van der Waals surface area contributed by atoms with Gasteiger partial charge in [0.2, 0.25) is 5.91 Å². The molecular formula is C19H28N2O4. The van der Waals surface area contributed by atoms with Crippen LogP contribution >= 0.6 is 0 Å². The maximum Gasteiger partial charge on any atom is 0.227 e. The summed E-state index contributed by atoms with van der Waals surface area (Å²) in [6.45, 7) is 4.23. The molecule has 0 radical (unpaired) electrons. The molecule has 0 bridgehead atoms. The van der Waals surface area contributed by atoms with Gasteiger partial charge in [0.05, 0.1) is 19.6 Å². The Morgan fingerprint density at radius 2 is 2.00 bits per heavy atom. The minimum Gasteiger partial charge on any atom is -0.496 e. The van der Waals surface area contributed by atoms with Crippen LogP contribution in [0, 0.1) is 0 Å². The topological polar surface area (TPSA) is 81.9 Å². The maximum absolute atomic E-state index is 12.6. The number of hydrogen-bond donors (Lipinski definition) is 1. The fourth-order valence-corrected chi connectivity index (χ4v) is 3.02. The van der Waals surface area contributed by atoms with Gasteiger partial charge in [-0.2, -0.15) is 0 Å². The fourth-order valence-electron chi connectivity index (χ4n) is 3.02. The number of rotatable bonds is 8. The van der Waals surface area contributed by atoms with Crippen LogP contribution in [0.5, 0.6) is 5.75 Å². The van der Waals surface area contributed by atoms with Gasteiger partial charge in [0.25, 0.3) is 0 Å². The van der Waals surface area contributed by atoms with Crippen LogP contribution in [-0.2, 0) is 16.0 Å². The molecule has 0 saturated carbocycles. The lowest BCUT2D eigenvalue weighted by Gasteiger charge is -2.32. The third-order valence-corrected chi connectivity index (χ3v) is 4.53. The second-order valence-corrected chi connectivity index (χ2v) is 6.35. The van der Waals surface area contributed by atoms with Crippen LogP contribution in [0.3, 0.4) is 0 Å². The lowest BCUT2D eigenvalue weighted by Crippen LogP contribution is -2.41. The molecule has 0 spiro atoms. The number of nitrogens with zero attached hydrogens (tertiary/aromatic N) is 1. The van der Waals surface area contributed by atoms with Crippen LogP contribution in [0.4, 0.5) is 0 Å². The molecule has 1 heterocycles. The Morgan fingerprint density at radius 1 is 1.28 bits per heavy atom. The molecule has 6 nitrogen and oxygen atoms in total. The minimum atomic E-state index is -0.0215. The van der Waals surface area contributed by atoms with E-state index in [2.05, 4.69) is 0 Å². The number of ether oxygens (including phenoxy) is 2. The third-order valence-electron chi connectivity index (χ3n) is 4.53. The monoisotopic (exact) mass is 348 g/mol. The molecule has 0 aliphatic carbocycles. The van der Waals surface area contributed by atoms with Crippen LogP contribution in [0.1, 0.15) is 42.1 Å². The van der Waals surface area contributed by atoms with E-state index < -0.39 is 0 Å². The molecule has 1 fully saturated rings. The number of benzene rings is 1. The van der Waals surface area contributed by atoms with E-state index in [1.54, 1.807) is 25.3 Å². The summed E-state index contributed by atoms with van der Waals surface area (Å²) in [4.78, 5) is 26.0. The van der Waals surface area contributed by atoms with Gasteiger partial charge in [0, 0.05) is 30.8 Å². The van der Waals surface area contributed by atoms with Crippen LogP contribution in [0.25, 0.3) is 0 Å². The molecule has 1 aromatic carbocycles. The molecule has 25 heavy (non-hydrogen) atoms. The zero-order chi connectivity index (χ0) is 18.2. The maximum atomic E-state index is 12.6. The summed E-state index contributed by atoms with van der Waals surface area (Å²) >= 11 is 0. The van der Waals surface area contributed by atoms with Crippen molar-refractivity contribution in [2.75, 3.05) is 33.4 Å². The molecule has 2 N–H and O–H groups in total. The van der Waals surface area contributed by atoms with Crippen molar-refractivity contribution in [3.8, 4) is 5.75 Å². The van der Waals surface area contributed by atoms with Gasteiger partial charge in [-0.25, -0.2) is 0 Å². The van der Waals surface area contributed by atoms with Crippen LogP contribution in [-0.4, -0.2) is 56.0 Å². The smallest absolute Gasteiger partial charge is 0.227 e. The second kappa shape index (κ2) is 9.53. The highest BCUT2D eigenvalue weighted by Gasteiger charge is 2.24. The predicted molar refractivity (Wildman–Crippen MR) is 95.9 cm³/mol. The first kappa shape index (κ1) is 19.4. The number of amides is 1. The van der Waals surface area contributed by atoms with Gasteiger partial charge in [-0.05, 0) is 50.9 Å². The minimum absolute atomic E-state index is 0.0215. The number of nitrogens with two attached hydrogens (primary N) is 1. The van der Waals surface area contributed by atoms with E-state index in [-0.39, 0.29) is 24.2 Å². The first-order chi connectivity index (χ1) is 12.0. The van der Waals surface area contributed by atoms with Gasteiger partial charge in [0.15, 0.2) is 5.78 Å². The lowest BCUT2D eigenvalue weighted by atomic mass is 10.0. The van der Waals surface area contributed by atoms with Crippen LogP contribution in [0.15, 0.2) is 18.2 Å². The lowest BCUT2D eigenvalue weighted by molar-refractivity contribution is -0.133. The first-order valence-corrected chi connectivity index (χ1v) is 8.82. The summed E-state index contributed by atoms with van der Waals surface area (Å²) in [6.07, 6.45) is 3.02. The van der Waals surface area contributed by atoms with E-state index in [0.29, 0.717) is 37.6 Å². The van der Waals surface area contributed by atoms with Crippen molar-refractivity contribution >= 4 is 11.7 Å². The average Bonchev–Trinajstić information content (AvgIpc) is 2.62. The quantitative estimate of drug-likeness (QED) is 0.572. The SMILES string of the molecule is COc1ccc(C(C)=O)cc1CC(=O)N1CCC(OCCCN)CC1. The zero-order valence-corrected chi connectivity index (χ0v) is 15.1. The van der Waals surface area contributed by atoms with E-state index in [4.69, 9.17) is 15.2 Å². The average molecular weight is 348 g/mol. The van der Waals surface area contributed by atoms with Gasteiger partial charge in [0.1, 0.15) is 5.75 Å². The molecule has 0 unspecified atom stereocenters. The number of carbonyl (C=O) groups is 2. The van der Waals surface area contributed by atoms with Gasteiger partial charge in [-0.15, -0.1) is 0 Å². The zero-order valence-electron chi connectivity index (χ0n) is 15.1. The Kier molecular flexibility index (Phi) is 7.40. The molecule has 0 aromatic heterocycles. The van der Waals surface area contributed by atoms with Gasteiger partial charge >= 0.3 is 0 Å². The van der Waals surface area contributed by atoms with E-state index in [0.717, 1.165) is 24.8 Å². The van der Waals surface area contributed by atoms with Crippen molar-refractivity contribution in [2.24, 2.45) is 5.73 Å². The largest absolute Gasteiger partial charge is 0.496 e. The summed E-state index contributed by atoms with van der Waals surface area (Å²) in [5, 5.41) is 0. The van der Waals surface area contributed by atoms with Crippen molar-refractivity contribution in [1.82, 2.24) is 4.90 Å². The highest BCUT2D eigenvalue weighted by Crippen LogP contribution is 2.22. The number of likely N-dealkylation sites (tertiary alicyclic amines) is 1. The van der Waals surface area contributed by atoms with Crippen molar-refractivity contribution in [3.63, 3.8) is 0 Å². The molecule has 1 aliphatic rings. The highest BCUT2D eigenvalue weighted by atomic mass is 16.5. The number of carbonyl (C=O) groups excluding carboxylic acids is 2. The summed E-state index contributed by atoms with van der Waals surface area (Å²) in [7, 11) is 1.57. The van der Waals surface area contributed by atoms with E-state index >= 15 is 0 Å². The molecular weight excluding hydrogens is 320 g/mol. The number of hydrogen-bond acceptors (Lipinski definition) is 5. The Morgan fingerprint density at radius 3 is 2.60 bits per heavy atom. The number of Topliss-reactive ketones (excluding diaryl/α,β-unsaturated/α-hetero) is 1. The number of methoxy groups -OCH3 is 1. The van der Waals surface area contributed by atoms with E-state index in [1.165, 1.54) is 6.92 Å². The molecule has 1 amide bonds. The van der Waals surface area contributed by atoms with Crippen molar-refractivity contribution in [1.29, 1.82) is 0 Å². The molecule has 6 heteroatoms. The molecule has 2 rings (SSSR count). The van der Waals surface area contributed by atoms with Gasteiger partial charge in [-0.3, -0.25) is 9.59 Å². The second-order valence-electron chi connectivity index (χ2n) is 6.35. The van der Waals surface area contributed by atoms with Crippen molar-refractivity contribution < 1.29 is 19.1 Å². The van der Waals surface area contributed by atoms with Gasteiger partial charge < -0.3 is 20.1 Å². The summed E-state index contributed by atoms with van der Waals surface area (Å²) in [5.74, 6) is 0.671. The normalized spacial score (nSPS) is 15.2. The Balaban J connectivity index is 1.92. The summed E-state index contributed by atoms with van der Waals surface area (Å²) < 4.78 is 11.1.